The van der Waals surface area contributed by atoms with Crippen LogP contribution in [0.1, 0.15) is 15.4 Å². The summed E-state index contributed by atoms with van der Waals surface area (Å²) in [6.45, 7) is 0.486. The Hall–Kier alpha value is -2.40. The fraction of sp³-hybridized carbons (Fsp3) is 0.118. The van der Waals surface area contributed by atoms with Crippen LogP contribution in [-0.2, 0) is 6.42 Å². The molecule has 0 fully saturated rings. The highest BCUT2D eigenvalue weighted by Crippen LogP contribution is 2.32. The van der Waals surface area contributed by atoms with Crippen LogP contribution >= 0.6 is 11.3 Å². The van der Waals surface area contributed by atoms with E-state index in [9.17, 15) is 9.18 Å². The lowest BCUT2D eigenvalue weighted by atomic mass is 10.1. The van der Waals surface area contributed by atoms with Gasteiger partial charge >= 0.3 is 0 Å². The average molecular weight is 316 g/mol. The first-order valence-electron chi connectivity index (χ1n) is 6.76. The van der Waals surface area contributed by atoms with Crippen molar-refractivity contribution in [1.29, 1.82) is 0 Å². The molecule has 0 spiro atoms. The van der Waals surface area contributed by atoms with Crippen LogP contribution in [0.5, 0.6) is 5.75 Å². The predicted molar refractivity (Wildman–Crippen MR) is 83.0 cm³/mol. The van der Waals surface area contributed by atoms with Crippen LogP contribution in [0.4, 0.5) is 4.39 Å². The monoisotopic (exact) mass is 316 g/mol. The lowest BCUT2D eigenvalue weighted by Gasteiger charge is -2.10. The molecule has 2 aromatic heterocycles. The third kappa shape index (κ3) is 3.26. The SMILES string of the molecule is O=Cc1ccc(-c2cc(F)ccc2OCCc2cccs2)o1. The molecule has 22 heavy (non-hydrogen) atoms. The molecule has 0 aliphatic rings. The third-order valence-corrected chi connectivity index (χ3v) is 4.07. The first kappa shape index (κ1) is 14.5. The molecule has 0 bridgehead atoms. The van der Waals surface area contributed by atoms with Crippen LogP contribution in [0.25, 0.3) is 11.3 Å². The van der Waals surface area contributed by atoms with Crippen molar-refractivity contribution in [2.24, 2.45) is 0 Å². The van der Waals surface area contributed by atoms with E-state index in [1.54, 1.807) is 29.5 Å². The van der Waals surface area contributed by atoms with Gasteiger partial charge in [0.15, 0.2) is 12.0 Å². The number of halogens is 1. The van der Waals surface area contributed by atoms with Gasteiger partial charge < -0.3 is 9.15 Å². The minimum Gasteiger partial charge on any atom is -0.492 e. The second-order valence-electron chi connectivity index (χ2n) is 4.64. The minimum absolute atomic E-state index is 0.198. The molecule has 0 unspecified atom stereocenters. The van der Waals surface area contributed by atoms with Crippen molar-refractivity contribution in [2.45, 2.75) is 6.42 Å². The van der Waals surface area contributed by atoms with Gasteiger partial charge in [0.25, 0.3) is 0 Å². The summed E-state index contributed by atoms with van der Waals surface area (Å²) in [5.74, 6) is 0.755. The Morgan fingerprint density at radius 2 is 2.14 bits per heavy atom. The van der Waals surface area contributed by atoms with Gasteiger partial charge in [-0.3, -0.25) is 4.79 Å². The van der Waals surface area contributed by atoms with E-state index in [2.05, 4.69) is 0 Å². The highest BCUT2D eigenvalue weighted by Gasteiger charge is 2.12. The van der Waals surface area contributed by atoms with Gasteiger partial charge in [-0.15, -0.1) is 11.3 Å². The van der Waals surface area contributed by atoms with Gasteiger partial charge in [-0.1, -0.05) is 6.07 Å². The minimum atomic E-state index is -0.385. The molecular formula is C17H13FO3S. The molecule has 0 saturated carbocycles. The van der Waals surface area contributed by atoms with E-state index in [0.29, 0.717) is 30.0 Å². The summed E-state index contributed by atoms with van der Waals surface area (Å²) in [7, 11) is 0. The maximum atomic E-state index is 13.5. The summed E-state index contributed by atoms with van der Waals surface area (Å²) in [6.07, 6.45) is 1.40. The number of furan rings is 1. The number of thiophene rings is 1. The molecule has 5 heteroatoms. The molecule has 1 aromatic carbocycles. The van der Waals surface area contributed by atoms with Crippen molar-refractivity contribution in [1.82, 2.24) is 0 Å². The average Bonchev–Trinajstić information content (AvgIpc) is 3.19. The van der Waals surface area contributed by atoms with E-state index in [0.717, 1.165) is 6.42 Å². The molecule has 0 amide bonds. The van der Waals surface area contributed by atoms with Gasteiger partial charge in [-0.05, 0) is 41.8 Å². The molecule has 0 saturated heterocycles. The second kappa shape index (κ2) is 6.58. The molecule has 3 aromatic rings. The Balaban J connectivity index is 1.79. The van der Waals surface area contributed by atoms with Crippen molar-refractivity contribution >= 4 is 17.6 Å². The van der Waals surface area contributed by atoms with Gasteiger partial charge in [-0.25, -0.2) is 4.39 Å². The molecule has 2 heterocycles. The molecule has 0 radical (unpaired) electrons. The standard InChI is InChI=1S/C17H13FO3S/c18-12-3-5-16(20-8-7-14-2-1-9-22-14)15(10-12)17-6-4-13(11-19)21-17/h1-6,9-11H,7-8H2. The second-order valence-corrected chi connectivity index (χ2v) is 5.67. The van der Waals surface area contributed by atoms with E-state index in [1.807, 2.05) is 17.5 Å². The number of ether oxygens (including phenoxy) is 1. The first-order valence-corrected chi connectivity index (χ1v) is 7.64. The Kier molecular flexibility index (Phi) is 4.34. The van der Waals surface area contributed by atoms with E-state index in [1.165, 1.54) is 17.0 Å². The van der Waals surface area contributed by atoms with Gasteiger partial charge in [0.05, 0.1) is 12.2 Å². The lowest BCUT2D eigenvalue weighted by molar-refractivity contribution is 0.110. The van der Waals surface area contributed by atoms with Crippen LogP contribution in [-0.4, -0.2) is 12.9 Å². The van der Waals surface area contributed by atoms with Gasteiger partial charge in [-0.2, -0.15) is 0 Å². The molecule has 112 valence electrons. The number of aldehydes is 1. The summed E-state index contributed by atoms with van der Waals surface area (Å²) < 4.78 is 24.6. The number of rotatable bonds is 6. The number of carbonyl (C=O) groups is 1. The molecular weight excluding hydrogens is 303 g/mol. The lowest BCUT2D eigenvalue weighted by Crippen LogP contribution is -2.01. The Bertz CT molecular complexity index is 762. The summed E-state index contributed by atoms with van der Waals surface area (Å²) in [5.41, 5.74) is 0.499. The van der Waals surface area contributed by atoms with Crippen molar-refractivity contribution in [3.05, 3.63) is 64.3 Å². The molecule has 0 atom stereocenters. The smallest absolute Gasteiger partial charge is 0.185 e. The maximum absolute atomic E-state index is 13.5. The fourth-order valence-electron chi connectivity index (χ4n) is 2.10. The van der Waals surface area contributed by atoms with E-state index in [-0.39, 0.29) is 11.6 Å². The zero-order chi connectivity index (χ0) is 15.4. The van der Waals surface area contributed by atoms with Crippen LogP contribution in [0.2, 0.25) is 0 Å². The molecule has 3 nitrogen and oxygen atoms in total. The Morgan fingerprint density at radius 1 is 1.23 bits per heavy atom. The van der Waals surface area contributed by atoms with E-state index in [4.69, 9.17) is 9.15 Å². The maximum Gasteiger partial charge on any atom is 0.185 e. The summed E-state index contributed by atoms with van der Waals surface area (Å²) in [5, 5.41) is 2.02. The number of carbonyl (C=O) groups excluding carboxylic acids is 1. The molecule has 3 rings (SSSR count). The topological polar surface area (TPSA) is 39.4 Å². The number of hydrogen-bond acceptors (Lipinski definition) is 4. The Labute approximate surface area is 131 Å². The van der Waals surface area contributed by atoms with Gasteiger partial charge in [0.1, 0.15) is 17.3 Å². The summed E-state index contributed by atoms with van der Waals surface area (Å²) in [4.78, 5) is 11.9. The van der Waals surface area contributed by atoms with E-state index >= 15 is 0 Å². The largest absolute Gasteiger partial charge is 0.492 e. The van der Waals surface area contributed by atoms with Crippen LogP contribution in [0, 0.1) is 5.82 Å². The summed E-state index contributed by atoms with van der Waals surface area (Å²) in [6, 6.07) is 11.5. The van der Waals surface area contributed by atoms with Gasteiger partial charge in [0.2, 0.25) is 0 Å². The van der Waals surface area contributed by atoms with Crippen LogP contribution in [0.15, 0.2) is 52.3 Å². The third-order valence-electron chi connectivity index (χ3n) is 3.14. The molecule has 0 aliphatic carbocycles. The predicted octanol–water partition coefficient (Wildman–Crippen LogP) is 4.58. The molecule has 0 N–H and O–H groups in total. The van der Waals surface area contributed by atoms with E-state index < -0.39 is 0 Å². The quantitative estimate of drug-likeness (QED) is 0.625. The number of benzene rings is 1. The van der Waals surface area contributed by atoms with Crippen molar-refractivity contribution in [2.75, 3.05) is 6.61 Å². The van der Waals surface area contributed by atoms with Crippen LogP contribution in [0.3, 0.4) is 0 Å². The molecule has 0 aliphatic heterocycles. The Morgan fingerprint density at radius 3 is 2.86 bits per heavy atom. The zero-order valence-electron chi connectivity index (χ0n) is 11.6. The van der Waals surface area contributed by atoms with Crippen molar-refractivity contribution in [3.8, 4) is 17.1 Å². The van der Waals surface area contributed by atoms with Crippen molar-refractivity contribution < 1.29 is 18.3 Å². The van der Waals surface area contributed by atoms with Crippen LogP contribution < -0.4 is 4.74 Å². The zero-order valence-corrected chi connectivity index (χ0v) is 12.4. The summed E-state index contributed by atoms with van der Waals surface area (Å²) >= 11 is 1.67. The van der Waals surface area contributed by atoms with Gasteiger partial charge in [0, 0.05) is 11.3 Å². The highest BCUT2D eigenvalue weighted by atomic mass is 32.1. The fourth-order valence-corrected chi connectivity index (χ4v) is 2.79. The number of hydrogen-bond donors (Lipinski definition) is 0. The van der Waals surface area contributed by atoms with Crippen molar-refractivity contribution in [3.63, 3.8) is 0 Å². The first-order chi connectivity index (χ1) is 10.8. The highest BCUT2D eigenvalue weighted by molar-refractivity contribution is 7.09. The normalized spacial score (nSPS) is 10.6.